The van der Waals surface area contributed by atoms with E-state index in [1.165, 1.54) is 0 Å². The van der Waals surface area contributed by atoms with Crippen molar-refractivity contribution in [1.29, 1.82) is 0 Å². The molecule has 0 bridgehead atoms. The van der Waals surface area contributed by atoms with E-state index in [1.54, 1.807) is 24.3 Å². The number of phenolic OH excluding ortho intramolecular Hbond substituents is 1. The predicted octanol–water partition coefficient (Wildman–Crippen LogP) is 2.39. The number of aromatic hydroxyl groups is 1. The monoisotopic (exact) mass is 216 g/mol. The molecule has 2 aromatic rings. The number of aliphatic hydroxyl groups excluding tert-OH is 1. The molecule has 0 amide bonds. The fourth-order valence-corrected chi connectivity index (χ4v) is 1.47. The Morgan fingerprint density at radius 1 is 0.812 bits per heavy atom. The van der Waals surface area contributed by atoms with Crippen LogP contribution in [0.1, 0.15) is 0 Å². The smallest absolute Gasteiger partial charge is 0.186 e. The Labute approximate surface area is 93.6 Å². The number of ether oxygens (including phenoxy) is 1. The predicted molar refractivity (Wildman–Crippen MR) is 61.3 cm³/mol. The zero-order chi connectivity index (χ0) is 11.4. The number of hydrogen-bond donors (Lipinski definition) is 2. The molecule has 0 saturated carbocycles. The van der Waals surface area contributed by atoms with Crippen molar-refractivity contribution >= 4 is 0 Å². The van der Waals surface area contributed by atoms with Gasteiger partial charge < -0.3 is 14.9 Å². The summed E-state index contributed by atoms with van der Waals surface area (Å²) in [5.41, 5.74) is 2.05. The number of benzene rings is 2. The highest BCUT2D eigenvalue weighted by atomic mass is 16.6. The van der Waals surface area contributed by atoms with Gasteiger partial charge >= 0.3 is 0 Å². The first-order valence-corrected chi connectivity index (χ1v) is 4.93. The highest BCUT2D eigenvalue weighted by molar-refractivity contribution is 5.64. The van der Waals surface area contributed by atoms with Crippen LogP contribution in [0.5, 0.6) is 11.5 Å². The first-order chi connectivity index (χ1) is 7.79. The van der Waals surface area contributed by atoms with E-state index in [-0.39, 0.29) is 12.5 Å². The minimum atomic E-state index is -0.321. The summed E-state index contributed by atoms with van der Waals surface area (Å²) in [6.45, 7) is -0.321. The summed E-state index contributed by atoms with van der Waals surface area (Å²) in [6, 6.07) is 14.4. The van der Waals surface area contributed by atoms with E-state index in [0.29, 0.717) is 5.75 Å². The lowest BCUT2D eigenvalue weighted by molar-refractivity contribution is 0.0985. The van der Waals surface area contributed by atoms with Gasteiger partial charge in [-0.1, -0.05) is 24.3 Å². The molecule has 3 heteroatoms. The van der Waals surface area contributed by atoms with Gasteiger partial charge in [0.2, 0.25) is 0 Å². The lowest BCUT2D eigenvalue weighted by atomic mass is 10.1. The fraction of sp³-hybridized carbons (Fsp3) is 0.0769. The number of aliphatic hydroxyl groups is 1. The summed E-state index contributed by atoms with van der Waals surface area (Å²) in [7, 11) is 0. The zero-order valence-electron chi connectivity index (χ0n) is 8.63. The zero-order valence-corrected chi connectivity index (χ0v) is 8.63. The number of hydrogen-bond acceptors (Lipinski definition) is 3. The normalized spacial score (nSPS) is 10.1. The van der Waals surface area contributed by atoms with Gasteiger partial charge in [-0.05, 0) is 35.4 Å². The van der Waals surface area contributed by atoms with Crippen molar-refractivity contribution in [2.45, 2.75) is 0 Å². The molecule has 0 aromatic heterocycles. The molecule has 0 fully saturated rings. The molecule has 2 rings (SSSR count). The maximum atomic E-state index is 9.17. The van der Waals surface area contributed by atoms with Crippen LogP contribution in [0.15, 0.2) is 48.5 Å². The van der Waals surface area contributed by atoms with Gasteiger partial charge in [0.15, 0.2) is 6.79 Å². The second-order valence-corrected chi connectivity index (χ2v) is 3.34. The third-order valence-corrected chi connectivity index (χ3v) is 2.29. The van der Waals surface area contributed by atoms with Crippen molar-refractivity contribution < 1.29 is 14.9 Å². The first-order valence-electron chi connectivity index (χ1n) is 4.93. The van der Waals surface area contributed by atoms with E-state index >= 15 is 0 Å². The maximum Gasteiger partial charge on any atom is 0.186 e. The molecule has 2 N–H and O–H groups in total. The minimum Gasteiger partial charge on any atom is -0.508 e. The molecule has 82 valence electrons. The van der Waals surface area contributed by atoms with Gasteiger partial charge in [0.1, 0.15) is 11.5 Å². The van der Waals surface area contributed by atoms with Gasteiger partial charge in [0.05, 0.1) is 0 Å². The Morgan fingerprint density at radius 3 is 1.81 bits per heavy atom. The molecule has 0 saturated heterocycles. The van der Waals surface area contributed by atoms with Crippen LogP contribution >= 0.6 is 0 Å². The number of rotatable bonds is 3. The van der Waals surface area contributed by atoms with Gasteiger partial charge in [-0.2, -0.15) is 0 Å². The minimum absolute atomic E-state index is 0.254. The molecule has 0 aliphatic heterocycles. The average molecular weight is 216 g/mol. The van der Waals surface area contributed by atoms with Gasteiger partial charge in [-0.3, -0.25) is 0 Å². The highest BCUT2D eigenvalue weighted by Gasteiger charge is 1.98. The SMILES string of the molecule is OCOc1ccc(-c2ccc(O)cc2)cc1. The average Bonchev–Trinajstić information content (AvgIpc) is 2.32. The van der Waals surface area contributed by atoms with Crippen molar-refractivity contribution in [3.05, 3.63) is 48.5 Å². The van der Waals surface area contributed by atoms with E-state index in [4.69, 9.17) is 14.9 Å². The summed E-state index contributed by atoms with van der Waals surface area (Å²) >= 11 is 0. The van der Waals surface area contributed by atoms with Crippen LogP contribution in [0, 0.1) is 0 Å². The lowest BCUT2D eigenvalue weighted by Crippen LogP contribution is -1.93. The largest absolute Gasteiger partial charge is 0.508 e. The first kappa shape index (κ1) is 10.5. The van der Waals surface area contributed by atoms with E-state index in [1.807, 2.05) is 24.3 Å². The quantitative estimate of drug-likeness (QED) is 0.774. The lowest BCUT2D eigenvalue weighted by Gasteiger charge is -2.04. The third-order valence-electron chi connectivity index (χ3n) is 2.29. The molecular formula is C13H12O3. The van der Waals surface area contributed by atoms with Crippen LogP contribution in [0.25, 0.3) is 11.1 Å². The van der Waals surface area contributed by atoms with E-state index in [0.717, 1.165) is 11.1 Å². The van der Waals surface area contributed by atoms with Gasteiger partial charge in [0.25, 0.3) is 0 Å². The molecule has 16 heavy (non-hydrogen) atoms. The molecule has 0 heterocycles. The van der Waals surface area contributed by atoms with Gasteiger partial charge in [-0.15, -0.1) is 0 Å². The van der Waals surface area contributed by atoms with Crippen molar-refractivity contribution in [1.82, 2.24) is 0 Å². The molecule has 0 spiro atoms. The second-order valence-electron chi connectivity index (χ2n) is 3.34. The summed E-state index contributed by atoms with van der Waals surface area (Å²) in [4.78, 5) is 0. The summed E-state index contributed by atoms with van der Waals surface area (Å²) in [6.07, 6.45) is 0. The van der Waals surface area contributed by atoms with Crippen LogP contribution in [-0.2, 0) is 0 Å². The van der Waals surface area contributed by atoms with E-state index in [9.17, 15) is 0 Å². The molecule has 3 nitrogen and oxygen atoms in total. The molecule has 0 aliphatic rings. The Morgan fingerprint density at radius 2 is 1.31 bits per heavy atom. The standard InChI is InChI=1S/C13H12O3/c14-9-16-13-7-3-11(4-8-13)10-1-5-12(15)6-2-10/h1-8,14-15H,9H2. The van der Waals surface area contributed by atoms with Crippen LogP contribution in [0.4, 0.5) is 0 Å². The Kier molecular flexibility index (Phi) is 3.08. The van der Waals surface area contributed by atoms with E-state index in [2.05, 4.69) is 0 Å². The summed E-state index contributed by atoms with van der Waals surface area (Å²) < 4.78 is 4.93. The maximum absolute atomic E-state index is 9.17. The van der Waals surface area contributed by atoms with Crippen molar-refractivity contribution in [3.63, 3.8) is 0 Å². The van der Waals surface area contributed by atoms with Crippen LogP contribution in [0.3, 0.4) is 0 Å². The third kappa shape index (κ3) is 2.32. The molecule has 0 atom stereocenters. The fourth-order valence-electron chi connectivity index (χ4n) is 1.47. The van der Waals surface area contributed by atoms with E-state index < -0.39 is 0 Å². The summed E-state index contributed by atoms with van der Waals surface area (Å²) in [5, 5.41) is 17.8. The second kappa shape index (κ2) is 4.68. The van der Waals surface area contributed by atoms with Crippen molar-refractivity contribution in [2.75, 3.05) is 6.79 Å². The molecule has 2 aromatic carbocycles. The molecular weight excluding hydrogens is 204 g/mol. The van der Waals surface area contributed by atoms with Crippen molar-refractivity contribution in [2.24, 2.45) is 0 Å². The highest BCUT2D eigenvalue weighted by Crippen LogP contribution is 2.23. The molecule has 0 aliphatic carbocycles. The molecule has 0 radical (unpaired) electrons. The Bertz CT molecular complexity index is 446. The Hall–Kier alpha value is -2.00. The number of phenols is 1. The van der Waals surface area contributed by atoms with Crippen LogP contribution in [-0.4, -0.2) is 17.0 Å². The van der Waals surface area contributed by atoms with Gasteiger partial charge in [-0.25, -0.2) is 0 Å². The molecule has 0 unspecified atom stereocenters. The van der Waals surface area contributed by atoms with Gasteiger partial charge in [0, 0.05) is 0 Å². The van der Waals surface area contributed by atoms with Crippen LogP contribution < -0.4 is 4.74 Å². The Balaban J connectivity index is 2.24. The van der Waals surface area contributed by atoms with Crippen LogP contribution in [0.2, 0.25) is 0 Å². The van der Waals surface area contributed by atoms with Crippen molar-refractivity contribution in [3.8, 4) is 22.6 Å². The topological polar surface area (TPSA) is 49.7 Å². The summed E-state index contributed by atoms with van der Waals surface area (Å²) in [5.74, 6) is 0.883.